The first-order valence-corrected chi connectivity index (χ1v) is 10.1. The highest BCUT2D eigenvalue weighted by Gasteiger charge is 2.27. The minimum atomic E-state index is -0.902. The Hall–Kier alpha value is -1.43. The van der Waals surface area contributed by atoms with Crippen LogP contribution in [0.25, 0.3) is 0 Å². The van der Waals surface area contributed by atoms with Crippen molar-refractivity contribution in [3.05, 3.63) is 22.3 Å². The van der Waals surface area contributed by atoms with E-state index >= 15 is 0 Å². The molecule has 6 nitrogen and oxygen atoms in total. The number of aliphatic hydroxyl groups excluding tert-OH is 1. The fourth-order valence-electron chi connectivity index (χ4n) is 2.85. The SMILES string of the molecule is CCCCCC(C(O)C/C=C\CCCCCCCC(=O)OCC)[N+](=O)[O-]. The standard InChI is InChI=1S/C20H37NO5/c1-3-5-12-15-18(21(24)25)19(22)16-13-10-8-6-7-9-11-14-17-20(23)26-4-2/h10,13,18-19,22H,3-9,11-12,14-17H2,1-2H3/b13-10-. The Morgan fingerprint density at radius 3 is 2.42 bits per heavy atom. The summed E-state index contributed by atoms with van der Waals surface area (Å²) in [6, 6.07) is -0.856. The molecule has 0 saturated heterocycles. The van der Waals surface area contributed by atoms with Crippen LogP contribution in [-0.2, 0) is 9.53 Å². The summed E-state index contributed by atoms with van der Waals surface area (Å²) in [5.41, 5.74) is 0. The van der Waals surface area contributed by atoms with Crippen LogP contribution in [0.3, 0.4) is 0 Å². The predicted octanol–water partition coefficient (Wildman–Crippen LogP) is 4.81. The fourth-order valence-corrected chi connectivity index (χ4v) is 2.85. The Morgan fingerprint density at radius 2 is 1.77 bits per heavy atom. The zero-order chi connectivity index (χ0) is 19.6. The van der Waals surface area contributed by atoms with Crippen molar-refractivity contribution < 1.29 is 19.6 Å². The highest BCUT2D eigenvalue weighted by molar-refractivity contribution is 5.69. The molecule has 0 aromatic carbocycles. The lowest BCUT2D eigenvalue weighted by Gasteiger charge is -2.14. The van der Waals surface area contributed by atoms with Crippen LogP contribution >= 0.6 is 0 Å². The van der Waals surface area contributed by atoms with Crippen LogP contribution in [0.2, 0.25) is 0 Å². The maximum atomic E-state index is 11.2. The Bertz CT molecular complexity index is 398. The van der Waals surface area contributed by atoms with Crippen LogP contribution in [0.5, 0.6) is 0 Å². The van der Waals surface area contributed by atoms with Crippen molar-refractivity contribution in [2.45, 2.75) is 103 Å². The van der Waals surface area contributed by atoms with Gasteiger partial charge in [-0.05, 0) is 39.0 Å². The maximum Gasteiger partial charge on any atom is 0.305 e. The topological polar surface area (TPSA) is 89.7 Å². The molecule has 2 unspecified atom stereocenters. The van der Waals surface area contributed by atoms with E-state index in [4.69, 9.17) is 4.74 Å². The summed E-state index contributed by atoms with van der Waals surface area (Å²) in [6.45, 7) is 4.32. The molecule has 0 fully saturated rings. The molecule has 0 heterocycles. The summed E-state index contributed by atoms with van der Waals surface area (Å²) >= 11 is 0. The number of allylic oxidation sites excluding steroid dienone is 1. The van der Waals surface area contributed by atoms with E-state index in [1.54, 1.807) is 0 Å². The highest BCUT2D eigenvalue weighted by atomic mass is 16.6. The number of carbonyl (C=O) groups excluding carboxylic acids is 1. The first-order chi connectivity index (χ1) is 12.5. The normalized spacial score (nSPS) is 13.7. The molecule has 26 heavy (non-hydrogen) atoms. The van der Waals surface area contributed by atoms with Crippen LogP contribution in [0.4, 0.5) is 0 Å². The van der Waals surface area contributed by atoms with Gasteiger partial charge in [0.25, 0.3) is 0 Å². The number of carbonyl (C=O) groups is 1. The molecule has 0 aromatic heterocycles. The van der Waals surface area contributed by atoms with Gasteiger partial charge in [0.2, 0.25) is 6.04 Å². The zero-order valence-corrected chi connectivity index (χ0v) is 16.5. The van der Waals surface area contributed by atoms with Crippen LogP contribution in [0.15, 0.2) is 12.2 Å². The lowest BCUT2D eigenvalue weighted by atomic mass is 10.0. The van der Waals surface area contributed by atoms with Gasteiger partial charge in [-0.3, -0.25) is 14.9 Å². The van der Waals surface area contributed by atoms with Crippen molar-refractivity contribution in [1.29, 1.82) is 0 Å². The predicted molar refractivity (Wildman–Crippen MR) is 104 cm³/mol. The lowest BCUT2D eigenvalue weighted by Crippen LogP contribution is -2.33. The molecule has 152 valence electrons. The van der Waals surface area contributed by atoms with Gasteiger partial charge in [0.05, 0.1) is 6.61 Å². The van der Waals surface area contributed by atoms with Crippen molar-refractivity contribution in [2.24, 2.45) is 0 Å². The third-order valence-corrected chi connectivity index (χ3v) is 4.42. The van der Waals surface area contributed by atoms with Crippen LogP contribution in [-0.4, -0.2) is 34.8 Å². The van der Waals surface area contributed by atoms with Gasteiger partial charge in [-0.25, -0.2) is 0 Å². The maximum absolute atomic E-state index is 11.2. The Kier molecular flexibility index (Phi) is 16.1. The van der Waals surface area contributed by atoms with Crippen molar-refractivity contribution in [3.8, 4) is 0 Å². The van der Waals surface area contributed by atoms with E-state index in [-0.39, 0.29) is 10.9 Å². The molecule has 1 N–H and O–H groups in total. The molecule has 0 aliphatic carbocycles. The molecule has 0 aromatic rings. The average molecular weight is 372 g/mol. The number of unbranched alkanes of at least 4 members (excludes halogenated alkanes) is 7. The molecule has 0 amide bonds. The zero-order valence-electron chi connectivity index (χ0n) is 16.5. The van der Waals surface area contributed by atoms with E-state index in [0.717, 1.165) is 57.8 Å². The smallest absolute Gasteiger partial charge is 0.305 e. The summed E-state index contributed by atoms with van der Waals surface area (Å²) in [7, 11) is 0. The van der Waals surface area contributed by atoms with E-state index in [1.807, 2.05) is 19.1 Å². The second-order valence-electron chi connectivity index (χ2n) is 6.73. The summed E-state index contributed by atoms with van der Waals surface area (Å²) in [5, 5.41) is 21.1. The Morgan fingerprint density at radius 1 is 1.08 bits per heavy atom. The Balaban J connectivity index is 3.71. The number of aliphatic hydroxyl groups is 1. The third kappa shape index (κ3) is 13.8. The van der Waals surface area contributed by atoms with E-state index < -0.39 is 12.1 Å². The summed E-state index contributed by atoms with van der Waals surface area (Å²) < 4.78 is 4.88. The molecule has 2 atom stereocenters. The molecular weight excluding hydrogens is 334 g/mol. The van der Waals surface area contributed by atoms with Gasteiger partial charge in [0, 0.05) is 17.8 Å². The second-order valence-corrected chi connectivity index (χ2v) is 6.73. The minimum absolute atomic E-state index is 0.114. The van der Waals surface area contributed by atoms with E-state index in [9.17, 15) is 20.0 Å². The van der Waals surface area contributed by atoms with Gasteiger partial charge in [-0.15, -0.1) is 0 Å². The second kappa shape index (κ2) is 17.0. The monoisotopic (exact) mass is 371 g/mol. The molecule has 0 bridgehead atoms. The van der Waals surface area contributed by atoms with Gasteiger partial charge in [-0.1, -0.05) is 51.2 Å². The average Bonchev–Trinajstić information content (AvgIpc) is 2.60. The highest BCUT2D eigenvalue weighted by Crippen LogP contribution is 2.14. The lowest BCUT2D eigenvalue weighted by molar-refractivity contribution is -0.535. The van der Waals surface area contributed by atoms with Crippen molar-refractivity contribution in [3.63, 3.8) is 0 Å². The van der Waals surface area contributed by atoms with Crippen LogP contribution in [0.1, 0.15) is 90.9 Å². The summed E-state index contributed by atoms with van der Waals surface area (Å²) in [5.74, 6) is -0.114. The number of nitrogens with zero attached hydrogens (tertiary/aromatic N) is 1. The first kappa shape index (κ1) is 24.6. The Labute approximate surface area is 158 Å². The van der Waals surface area contributed by atoms with Crippen molar-refractivity contribution in [1.82, 2.24) is 0 Å². The summed E-state index contributed by atoms with van der Waals surface area (Å²) in [4.78, 5) is 21.9. The molecule has 0 spiro atoms. The number of hydrogen-bond donors (Lipinski definition) is 1. The first-order valence-electron chi connectivity index (χ1n) is 10.1. The number of hydrogen-bond acceptors (Lipinski definition) is 5. The van der Waals surface area contributed by atoms with Gasteiger partial charge < -0.3 is 9.84 Å². The van der Waals surface area contributed by atoms with Crippen LogP contribution in [0, 0.1) is 10.1 Å². The van der Waals surface area contributed by atoms with Gasteiger partial charge in [-0.2, -0.15) is 0 Å². The number of esters is 1. The molecule has 0 aliphatic rings. The largest absolute Gasteiger partial charge is 0.466 e. The summed E-state index contributed by atoms with van der Waals surface area (Å²) in [6.07, 6.45) is 13.1. The number of nitro groups is 1. The number of rotatable bonds is 17. The van der Waals surface area contributed by atoms with Crippen molar-refractivity contribution >= 4 is 5.97 Å². The molecule has 0 aliphatic heterocycles. The third-order valence-electron chi connectivity index (χ3n) is 4.42. The van der Waals surface area contributed by atoms with E-state index in [0.29, 0.717) is 25.9 Å². The van der Waals surface area contributed by atoms with Gasteiger partial charge in [0.15, 0.2) is 0 Å². The van der Waals surface area contributed by atoms with Crippen LogP contribution < -0.4 is 0 Å². The van der Waals surface area contributed by atoms with E-state index in [1.165, 1.54) is 0 Å². The molecule has 0 radical (unpaired) electrons. The quantitative estimate of drug-likeness (QED) is 0.130. The molecule has 0 saturated carbocycles. The molecule has 6 heteroatoms. The van der Waals surface area contributed by atoms with E-state index in [2.05, 4.69) is 6.92 Å². The fraction of sp³-hybridized carbons (Fsp3) is 0.850. The van der Waals surface area contributed by atoms with Gasteiger partial charge >= 0.3 is 5.97 Å². The minimum Gasteiger partial charge on any atom is -0.466 e. The number of ether oxygens (including phenoxy) is 1. The molecule has 0 rings (SSSR count). The van der Waals surface area contributed by atoms with Gasteiger partial charge in [0.1, 0.15) is 6.10 Å². The molecular formula is C20H37NO5. The van der Waals surface area contributed by atoms with Crippen molar-refractivity contribution in [2.75, 3.05) is 6.61 Å².